The van der Waals surface area contributed by atoms with E-state index in [9.17, 15) is 0 Å². The van der Waals surface area contributed by atoms with Crippen LogP contribution in [0.1, 0.15) is 0 Å². The second-order valence-electron chi connectivity index (χ2n) is 2.53. The molecular formula is C10H10Cl2O3. The Morgan fingerprint density at radius 3 is 2.40 bits per heavy atom. The van der Waals surface area contributed by atoms with Gasteiger partial charge in [-0.25, -0.2) is 0 Å². The third-order valence-corrected chi connectivity index (χ3v) is 2.15. The first kappa shape index (κ1) is 12.0. The average Bonchev–Trinajstić information content (AvgIpc) is 2.28. The molecule has 0 unspecified atom stereocenters. The van der Waals surface area contributed by atoms with E-state index in [0.29, 0.717) is 17.2 Å². The fraction of sp³-hybridized carbons (Fsp3) is 0.200. The van der Waals surface area contributed by atoms with Crippen molar-refractivity contribution in [2.45, 2.75) is 0 Å². The van der Waals surface area contributed by atoms with Gasteiger partial charge in [0, 0.05) is 6.07 Å². The van der Waals surface area contributed by atoms with Crippen molar-refractivity contribution in [3.05, 3.63) is 29.0 Å². The summed E-state index contributed by atoms with van der Waals surface area (Å²) in [6.07, 6.45) is 0. The molecule has 0 spiro atoms. The predicted molar refractivity (Wildman–Crippen MR) is 60.0 cm³/mol. The lowest BCUT2D eigenvalue weighted by atomic mass is 10.3. The summed E-state index contributed by atoms with van der Waals surface area (Å²) in [6.45, 7) is 0. The van der Waals surface area contributed by atoms with Gasteiger partial charge in [-0.1, -0.05) is 11.6 Å². The molecule has 0 aliphatic carbocycles. The fourth-order valence-electron chi connectivity index (χ4n) is 1.01. The molecule has 3 nitrogen and oxygen atoms in total. The summed E-state index contributed by atoms with van der Waals surface area (Å²) in [7, 11) is 3.10. The zero-order valence-electron chi connectivity index (χ0n) is 8.29. The molecule has 0 radical (unpaired) electrons. The minimum atomic E-state index is 0.0869. The van der Waals surface area contributed by atoms with Crippen molar-refractivity contribution in [3.63, 3.8) is 0 Å². The van der Waals surface area contributed by atoms with Crippen LogP contribution in [-0.4, -0.2) is 14.2 Å². The lowest BCUT2D eigenvalue weighted by Crippen LogP contribution is -1.92. The minimum Gasteiger partial charge on any atom is -0.493 e. The molecule has 1 aromatic rings. The quantitative estimate of drug-likeness (QED) is 0.765. The molecule has 82 valence electrons. The Labute approximate surface area is 98.1 Å². The van der Waals surface area contributed by atoms with Crippen molar-refractivity contribution in [1.82, 2.24) is 0 Å². The number of hydrogen-bond acceptors (Lipinski definition) is 3. The topological polar surface area (TPSA) is 27.7 Å². The van der Waals surface area contributed by atoms with Crippen LogP contribution in [0.15, 0.2) is 29.0 Å². The summed E-state index contributed by atoms with van der Waals surface area (Å²) < 4.78 is 15.3. The van der Waals surface area contributed by atoms with Gasteiger partial charge in [-0.3, -0.25) is 0 Å². The maximum atomic E-state index is 5.60. The van der Waals surface area contributed by atoms with Crippen LogP contribution < -0.4 is 14.2 Å². The molecule has 0 N–H and O–H groups in total. The van der Waals surface area contributed by atoms with E-state index in [1.54, 1.807) is 32.4 Å². The van der Waals surface area contributed by atoms with Gasteiger partial charge in [-0.05, 0) is 23.7 Å². The third-order valence-electron chi connectivity index (χ3n) is 1.66. The van der Waals surface area contributed by atoms with Gasteiger partial charge < -0.3 is 14.2 Å². The SMILES string of the molecule is COc1ccc(OC(Cl)=CCl)cc1OC. The highest BCUT2D eigenvalue weighted by atomic mass is 35.5. The van der Waals surface area contributed by atoms with E-state index >= 15 is 0 Å². The van der Waals surface area contributed by atoms with E-state index in [1.807, 2.05) is 0 Å². The fourth-order valence-corrected chi connectivity index (χ4v) is 1.15. The molecular weight excluding hydrogens is 239 g/mol. The van der Waals surface area contributed by atoms with Gasteiger partial charge in [0.25, 0.3) is 0 Å². The van der Waals surface area contributed by atoms with Crippen LogP contribution in [-0.2, 0) is 0 Å². The molecule has 0 heterocycles. The van der Waals surface area contributed by atoms with Crippen LogP contribution in [0.3, 0.4) is 0 Å². The normalized spacial score (nSPS) is 11.1. The predicted octanol–water partition coefficient (Wildman–Crippen LogP) is 3.36. The molecule has 0 aliphatic rings. The molecule has 0 amide bonds. The molecule has 0 saturated heterocycles. The molecule has 0 atom stereocenters. The second-order valence-corrected chi connectivity index (χ2v) is 3.12. The molecule has 0 aliphatic heterocycles. The van der Waals surface area contributed by atoms with Gasteiger partial charge in [0.1, 0.15) is 5.75 Å². The molecule has 0 saturated carbocycles. The van der Waals surface area contributed by atoms with Crippen molar-refractivity contribution >= 4 is 23.2 Å². The number of hydrogen-bond donors (Lipinski definition) is 0. The van der Waals surface area contributed by atoms with Gasteiger partial charge in [0.2, 0.25) is 5.22 Å². The van der Waals surface area contributed by atoms with Gasteiger partial charge in [-0.15, -0.1) is 0 Å². The van der Waals surface area contributed by atoms with Gasteiger partial charge >= 0.3 is 0 Å². The van der Waals surface area contributed by atoms with E-state index < -0.39 is 0 Å². The summed E-state index contributed by atoms with van der Waals surface area (Å²) in [4.78, 5) is 0. The zero-order valence-corrected chi connectivity index (χ0v) is 9.80. The molecule has 0 bridgehead atoms. The highest BCUT2D eigenvalue weighted by Crippen LogP contribution is 2.31. The van der Waals surface area contributed by atoms with Gasteiger partial charge in [-0.2, -0.15) is 0 Å². The smallest absolute Gasteiger partial charge is 0.205 e. The maximum absolute atomic E-state index is 5.60. The van der Waals surface area contributed by atoms with Crippen molar-refractivity contribution in [3.8, 4) is 17.2 Å². The first-order valence-corrected chi connectivity index (χ1v) is 4.88. The third kappa shape index (κ3) is 3.22. The van der Waals surface area contributed by atoms with E-state index in [1.165, 1.54) is 0 Å². The number of rotatable bonds is 4. The van der Waals surface area contributed by atoms with E-state index in [0.717, 1.165) is 5.54 Å². The summed E-state index contributed by atoms with van der Waals surface area (Å²) >= 11 is 11.0. The van der Waals surface area contributed by atoms with E-state index in [2.05, 4.69) is 0 Å². The Morgan fingerprint density at radius 1 is 1.20 bits per heavy atom. The highest BCUT2D eigenvalue weighted by molar-refractivity contribution is 6.35. The van der Waals surface area contributed by atoms with Gasteiger partial charge in [0.15, 0.2) is 11.5 Å². The first-order valence-electron chi connectivity index (χ1n) is 4.07. The van der Waals surface area contributed by atoms with Crippen molar-refractivity contribution < 1.29 is 14.2 Å². The lowest BCUT2D eigenvalue weighted by molar-refractivity contribution is 0.351. The first-order chi connectivity index (χ1) is 7.21. The molecule has 5 heteroatoms. The highest BCUT2D eigenvalue weighted by Gasteiger charge is 2.05. The second kappa shape index (κ2) is 5.73. The standard InChI is InChI=1S/C10H10Cl2O3/c1-13-8-4-3-7(5-9(8)14-2)15-10(12)6-11/h3-6H,1-2H3. The summed E-state index contributed by atoms with van der Waals surface area (Å²) in [5, 5.41) is 0.0869. The average molecular weight is 249 g/mol. The van der Waals surface area contributed by atoms with Gasteiger partial charge in [0.05, 0.1) is 19.8 Å². The van der Waals surface area contributed by atoms with Crippen LogP contribution in [0.25, 0.3) is 0 Å². The zero-order chi connectivity index (χ0) is 11.3. The molecule has 0 fully saturated rings. The van der Waals surface area contributed by atoms with E-state index in [4.69, 9.17) is 37.4 Å². The van der Waals surface area contributed by atoms with Crippen LogP contribution in [0.2, 0.25) is 0 Å². The maximum Gasteiger partial charge on any atom is 0.205 e. The lowest BCUT2D eigenvalue weighted by Gasteiger charge is -2.09. The van der Waals surface area contributed by atoms with Crippen LogP contribution >= 0.6 is 23.2 Å². The van der Waals surface area contributed by atoms with Crippen molar-refractivity contribution in [1.29, 1.82) is 0 Å². The monoisotopic (exact) mass is 248 g/mol. The summed E-state index contributed by atoms with van der Waals surface area (Å²) in [6, 6.07) is 5.07. The Hall–Kier alpha value is -1.06. The Bertz CT molecular complexity index is 364. The molecule has 0 aromatic heterocycles. The Kier molecular flexibility index (Phi) is 4.59. The van der Waals surface area contributed by atoms with Crippen molar-refractivity contribution in [2.24, 2.45) is 0 Å². The number of methoxy groups -OCH3 is 2. The minimum absolute atomic E-state index is 0.0869. The molecule has 1 aromatic carbocycles. The number of ether oxygens (including phenoxy) is 3. The van der Waals surface area contributed by atoms with Crippen LogP contribution in [0.5, 0.6) is 17.2 Å². The summed E-state index contributed by atoms with van der Waals surface area (Å²) in [5.74, 6) is 1.71. The molecule has 1 rings (SSSR count). The van der Waals surface area contributed by atoms with Crippen molar-refractivity contribution in [2.75, 3.05) is 14.2 Å². The Morgan fingerprint density at radius 2 is 1.87 bits per heavy atom. The van der Waals surface area contributed by atoms with Crippen LogP contribution in [0.4, 0.5) is 0 Å². The molecule has 15 heavy (non-hydrogen) atoms. The number of halogens is 2. The number of benzene rings is 1. The van der Waals surface area contributed by atoms with E-state index in [-0.39, 0.29) is 5.22 Å². The largest absolute Gasteiger partial charge is 0.493 e. The summed E-state index contributed by atoms with van der Waals surface area (Å²) in [5.41, 5.74) is 1.14. The Balaban J connectivity index is 2.93. The van der Waals surface area contributed by atoms with Crippen LogP contribution in [0, 0.1) is 0 Å².